The van der Waals surface area contributed by atoms with Crippen molar-refractivity contribution in [2.45, 2.75) is 19.3 Å². The van der Waals surface area contributed by atoms with Crippen molar-refractivity contribution in [3.63, 3.8) is 0 Å². The van der Waals surface area contributed by atoms with Gasteiger partial charge in [-0.3, -0.25) is 9.89 Å². The molecule has 1 saturated heterocycles. The molecule has 4 N–H and O–H groups in total. The molecule has 0 atom stereocenters. The van der Waals surface area contributed by atoms with E-state index in [1.54, 1.807) is 17.8 Å². The highest BCUT2D eigenvalue weighted by Gasteiger charge is 2.21. The lowest BCUT2D eigenvalue weighted by atomic mass is 10.1. The Kier molecular flexibility index (Phi) is 6.22. The van der Waals surface area contributed by atoms with E-state index in [-0.39, 0.29) is 5.91 Å². The van der Waals surface area contributed by atoms with Crippen molar-refractivity contribution in [1.29, 1.82) is 0 Å². The molecule has 1 aliphatic heterocycles. The van der Waals surface area contributed by atoms with Gasteiger partial charge in [-0.1, -0.05) is 0 Å². The van der Waals surface area contributed by atoms with Crippen LogP contribution < -0.4 is 20.9 Å². The molecule has 0 bridgehead atoms. The minimum atomic E-state index is -0.259. The largest absolute Gasteiger partial charge is 0.423 e. The number of benzene rings is 1. The third kappa shape index (κ3) is 4.69. The fourth-order valence-corrected chi connectivity index (χ4v) is 4.68. The van der Waals surface area contributed by atoms with Crippen LogP contribution in [0.15, 0.2) is 34.3 Å². The summed E-state index contributed by atoms with van der Waals surface area (Å²) in [7, 11) is 1.90. The molecule has 33 heavy (non-hydrogen) atoms. The van der Waals surface area contributed by atoms with Gasteiger partial charge in [0.2, 0.25) is 0 Å². The number of anilines is 3. The Morgan fingerprint density at radius 3 is 2.88 bits per heavy atom. The summed E-state index contributed by atoms with van der Waals surface area (Å²) >= 11 is 1.41. The minimum absolute atomic E-state index is 0.259. The molecule has 172 valence electrons. The molecule has 11 heteroatoms. The van der Waals surface area contributed by atoms with Gasteiger partial charge in [0.25, 0.3) is 11.9 Å². The van der Waals surface area contributed by atoms with Crippen LogP contribution in [0.2, 0.25) is 0 Å². The zero-order valence-electron chi connectivity index (χ0n) is 18.4. The van der Waals surface area contributed by atoms with E-state index in [0.717, 1.165) is 54.3 Å². The van der Waals surface area contributed by atoms with Gasteiger partial charge in [-0.05, 0) is 32.4 Å². The highest BCUT2D eigenvalue weighted by Crippen LogP contribution is 2.35. The molecule has 5 rings (SSSR count). The number of aromatic nitrogens is 4. The Hall–Kier alpha value is -3.44. The van der Waals surface area contributed by atoms with Crippen molar-refractivity contribution in [2.24, 2.45) is 0 Å². The van der Waals surface area contributed by atoms with Gasteiger partial charge in [-0.25, -0.2) is 4.98 Å². The highest BCUT2D eigenvalue weighted by atomic mass is 32.1. The summed E-state index contributed by atoms with van der Waals surface area (Å²) in [5.41, 5.74) is 4.26. The molecule has 0 saturated carbocycles. The van der Waals surface area contributed by atoms with Crippen molar-refractivity contribution in [3.8, 4) is 10.6 Å². The van der Waals surface area contributed by atoms with E-state index in [9.17, 15) is 4.79 Å². The average Bonchev–Trinajstić information content (AvgIpc) is 3.59. The molecular weight excluding hydrogens is 440 g/mol. The number of thiazole rings is 1. The third-order valence-electron chi connectivity index (χ3n) is 5.58. The van der Waals surface area contributed by atoms with Crippen LogP contribution in [0.5, 0.6) is 0 Å². The lowest BCUT2D eigenvalue weighted by molar-refractivity contribution is 0.102. The van der Waals surface area contributed by atoms with Gasteiger partial charge in [0.15, 0.2) is 5.58 Å². The van der Waals surface area contributed by atoms with E-state index in [4.69, 9.17) is 4.42 Å². The lowest BCUT2D eigenvalue weighted by Crippen LogP contribution is -2.30. The summed E-state index contributed by atoms with van der Waals surface area (Å²) in [6, 6.07) is 4.33. The van der Waals surface area contributed by atoms with Crippen molar-refractivity contribution in [3.05, 3.63) is 35.6 Å². The Morgan fingerprint density at radius 1 is 1.21 bits per heavy atom. The molecule has 10 nitrogen and oxygen atoms in total. The molecule has 1 fully saturated rings. The number of nitrogens with zero attached hydrogens (tertiary/aromatic N) is 4. The van der Waals surface area contributed by atoms with E-state index in [1.165, 1.54) is 17.8 Å². The molecule has 3 aromatic heterocycles. The van der Waals surface area contributed by atoms with Crippen LogP contribution in [0.4, 0.5) is 17.4 Å². The number of carbonyl (C=O) groups is 1. The first-order valence-electron chi connectivity index (χ1n) is 11.1. The van der Waals surface area contributed by atoms with Gasteiger partial charge in [0.1, 0.15) is 16.2 Å². The quantitative estimate of drug-likeness (QED) is 0.291. The molecule has 1 aliphatic rings. The van der Waals surface area contributed by atoms with Gasteiger partial charge >= 0.3 is 0 Å². The number of hydrogen-bond donors (Lipinski definition) is 4. The van der Waals surface area contributed by atoms with Gasteiger partial charge in [-0.15, -0.1) is 11.3 Å². The lowest BCUT2D eigenvalue weighted by Gasteiger charge is -2.30. The number of hydrogen-bond acceptors (Lipinski definition) is 9. The summed E-state index contributed by atoms with van der Waals surface area (Å²) in [6.45, 7) is 3.39. The van der Waals surface area contributed by atoms with Crippen molar-refractivity contribution in [2.75, 3.05) is 48.8 Å². The molecule has 4 heterocycles. The van der Waals surface area contributed by atoms with E-state index in [1.807, 2.05) is 19.2 Å². The number of amides is 1. The average molecular weight is 467 g/mol. The molecule has 0 unspecified atom stereocenters. The van der Waals surface area contributed by atoms with Crippen molar-refractivity contribution in [1.82, 2.24) is 25.5 Å². The highest BCUT2D eigenvalue weighted by molar-refractivity contribution is 7.13. The van der Waals surface area contributed by atoms with Crippen LogP contribution in [0.3, 0.4) is 0 Å². The molecule has 0 aliphatic carbocycles. The minimum Gasteiger partial charge on any atom is -0.423 e. The van der Waals surface area contributed by atoms with E-state index in [2.05, 4.69) is 41.0 Å². The van der Waals surface area contributed by atoms with E-state index >= 15 is 0 Å². The smallest absolute Gasteiger partial charge is 0.295 e. The fourth-order valence-electron chi connectivity index (χ4n) is 3.89. The third-order valence-corrected chi connectivity index (χ3v) is 6.48. The molecule has 0 radical (unpaired) electrons. The number of H-pyrrole nitrogens is 1. The van der Waals surface area contributed by atoms with Crippen LogP contribution >= 0.6 is 11.3 Å². The predicted molar refractivity (Wildman–Crippen MR) is 130 cm³/mol. The fraction of sp³-hybridized carbons (Fsp3) is 0.364. The summed E-state index contributed by atoms with van der Waals surface area (Å²) in [5.74, 6) is -0.259. The number of aromatic amines is 1. The maximum Gasteiger partial charge on any atom is 0.295 e. The Balaban J connectivity index is 1.43. The van der Waals surface area contributed by atoms with Crippen LogP contribution in [-0.4, -0.2) is 59.3 Å². The van der Waals surface area contributed by atoms with Gasteiger partial charge in [0.05, 0.1) is 17.6 Å². The number of fused-ring (bicyclic) bond motifs is 1. The van der Waals surface area contributed by atoms with E-state index in [0.29, 0.717) is 29.5 Å². The monoisotopic (exact) mass is 466 g/mol. The van der Waals surface area contributed by atoms with Crippen LogP contribution in [-0.2, 0) is 0 Å². The van der Waals surface area contributed by atoms with Gasteiger partial charge in [0, 0.05) is 49.4 Å². The second kappa shape index (κ2) is 9.59. The number of rotatable bonds is 8. The zero-order valence-corrected chi connectivity index (χ0v) is 19.2. The van der Waals surface area contributed by atoms with Crippen LogP contribution in [0, 0.1) is 0 Å². The first-order valence-corrected chi connectivity index (χ1v) is 11.9. The molecule has 4 aromatic rings. The first kappa shape index (κ1) is 21.4. The molecule has 0 spiro atoms. The maximum absolute atomic E-state index is 13.1. The summed E-state index contributed by atoms with van der Waals surface area (Å²) in [4.78, 5) is 24.4. The van der Waals surface area contributed by atoms with Gasteiger partial charge < -0.3 is 25.3 Å². The normalized spacial score (nSPS) is 14.0. The SMILES string of the molecule is CNCCNc1nc2cc(N3CCCCC3)c(NC(=O)c3csc(-c4cn[nH]c4)n3)cc2o1. The van der Waals surface area contributed by atoms with Crippen LogP contribution in [0.1, 0.15) is 29.8 Å². The number of nitrogens with one attached hydrogen (secondary N) is 4. The molecule has 1 amide bonds. The Labute approximate surface area is 194 Å². The zero-order chi connectivity index (χ0) is 22.6. The number of carbonyl (C=O) groups excluding carboxylic acids is 1. The van der Waals surface area contributed by atoms with Crippen molar-refractivity contribution < 1.29 is 9.21 Å². The Bertz CT molecular complexity index is 1230. The number of piperidine rings is 1. The number of oxazole rings is 1. The summed E-state index contributed by atoms with van der Waals surface area (Å²) in [6.07, 6.45) is 6.92. The number of likely N-dealkylation sites (N-methyl/N-ethyl adjacent to an activating group) is 1. The second-order valence-electron chi connectivity index (χ2n) is 7.91. The first-order chi connectivity index (χ1) is 16.2. The van der Waals surface area contributed by atoms with E-state index < -0.39 is 0 Å². The van der Waals surface area contributed by atoms with Gasteiger partial charge in [-0.2, -0.15) is 10.1 Å². The maximum atomic E-state index is 13.1. The van der Waals surface area contributed by atoms with Crippen LogP contribution in [0.25, 0.3) is 21.7 Å². The predicted octanol–water partition coefficient (Wildman–Crippen LogP) is 3.55. The molecule has 1 aromatic carbocycles. The summed E-state index contributed by atoms with van der Waals surface area (Å²) in [5, 5.41) is 18.5. The van der Waals surface area contributed by atoms with Crippen molar-refractivity contribution >= 4 is 45.7 Å². The Morgan fingerprint density at radius 2 is 2.09 bits per heavy atom. The summed E-state index contributed by atoms with van der Waals surface area (Å²) < 4.78 is 5.89. The topological polar surface area (TPSA) is 124 Å². The standard InChI is InChI=1S/C22H26N8O2S/c1-23-5-6-24-22-29-16-9-18(30-7-3-2-4-8-30)15(10-19(16)32-22)27-20(31)17-13-33-21(28-17)14-11-25-26-12-14/h9-13,23H,2-8H2,1H3,(H,24,29)(H,25,26)(H,27,31). The second-order valence-corrected chi connectivity index (χ2v) is 8.77. The molecular formula is C22H26N8O2S.